The van der Waals surface area contributed by atoms with E-state index in [4.69, 9.17) is 9.47 Å². The van der Waals surface area contributed by atoms with Gasteiger partial charge in [-0.25, -0.2) is 4.39 Å². The SMILES string of the molecule is Cc1cc(NC(=O)c2cc(F)cc(N3CCOCC3)c2)sc1C(=O)N1CCOCC1. The Morgan fingerprint density at radius 1 is 1.00 bits per heavy atom. The van der Waals surface area contributed by atoms with Gasteiger partial charge < -0.3 is 24.6 Å². The molecular weight excluding hydrogens is 409 g/mol. The third-order valence-electron chi connectivity index (χ3n) is 5.17. The fourth-order valence-electron chi connectivity index (χ4n) is 3.56. The fourth-order valence-corrected chi connectivity index (χ4v) is 4.60. The minimum atomic E-state index is -0.463. The Balaban J connectivity index is 1.49. The highest BCUT2D eigenvalue weighted by Gasteiger charge is 2.23. The Morgan fingerprint density at radius 3 is 2.37 bits per heavy atom. The van der Waals surface area contributed by atoms with Crippen LogP contribution in [0.2, 0.25) is 0 Å². The zero-order valence-electron chi connectivity index (χ0n) is 16.8. The maximum atomic E-state index is 14.2. The molecule has 0 bridgehead atoms. The zero-order valence-corrected chi connectivity index (χ0v) is 17.6. The number of anilines is 2. The number of thiophene rings is 1. The predicted octanol–water partition coefficient (Wildman–Crippen LogP) is 2.76. The molecule has 2 aliphatic rings. The Morgan fingerprint density at radius 2 is 1.67 bits per heavy atom. The monoisotopic (exact) mass is 433 g/mol. The van der Waals surface area contributed by atoms with Gasteiger partial charge in [-0.3, -0.25) is 9.59 Å². The molecule has 0 saturated carbocycles. The minimum Gasteiger partial charge on any atom is -0.378 e. The number of morpholine rings is 2. The highest BCUT2D eigenvalue weighted by Crippen LogP contribution is 2.29. The van der Waals surface area contributed by atoms with Gasteiger partial charge in [-0.2, -0.15) is 0 Å². The Kier molecular flexibility index (Phi) is 6.31. The lowest BCUT2D eigenvalue weighted by molar-refractivity contribution is 0.0305. The summed E-state index contributed by atoms with van der Waals surface area (Å²) in [7, 11) is 0. The summed E-state index contributed by atoms with van der Waals surface area (Å²) >= 11 is 1.24. The number of nitrogens with one attached hydrogen (secondary N) is 1. The fraction of sp³-hybridized carbons (Fsp3) is 0.429. The summed E-state index contributed by atoms with van der Waals surface area (Å²) in [6.45, 7) is 6.49. The number of rotatable bonds is 4. The Hall–Kier alpha value is -2.49. The molecule has 0 aliphatic carbocycles. The van der Waals surface area contributed by atoms with Gasteiger partial charge in [-0.1, -0.05) is 0 Å². The molecule has 2 fully saturated rings. The van der Waals surface area contributed by atoms with Gasteiger partial charge in [0.1, 0.15) is 5.82 Å². The van der Waals surface area contributed by atoms with E-state index in [2.05, 4.69) is 5.32 Å². The molecule has 30 heavy (non-hydrogen) atoms. The van der Waals surface area contributed by atoms with E-state index in [-0.39, 0.29) is 11.5 Å². The molecule has 1 N–H and O–H groups in total. The van der Waals surface area contributed by atoms with Crippen molar-refractivity contribution in [3.8, 4) is 0 Å². The van der Waals surface area contributed by atoms with Gasteiger partial charge in [-0.15, -0.1) is 11.3 Å². The average Bonchev–Trinajstić information content (AvgIpc) is 3.13. The smallest absolute Gasteiger partial charge is 0.264 e. The van der Waals surface area contributed by atoms with Crippen LogP contribution in [0.15, 0.2) is 24.3 Å². The van der Waals surface area contributed by atoms with Crippen molar-refractivity contribution >= 4 is 33.8 Å². The number of amides is 2. The first-order valence-corrected chi connectivity index (χ1v) is 10.7. The molecule has 0 radical (unpaired) electrons. The second kappa shape index (κ2) is 9.11. The number of halogens is 1. The average molecular weight is 434 g/mol. The lowest BCUT2D eigenvalue weighted by Gasteiger charge is -2.29. The van der Waals surface area contributed by atoms with E-state index in [1.54, 1.807) is 17.0 Å². The summed E-state index contributed by atoms with van der Waals surface area (Å²) in [4.78, 5) is 29.9. The summed E-state index contributed by atoms with van der Waals surface area (Å²) in [6, 6.07) is 6.11. The molecule has 4 rings (SSSR count). The van der Waals surface area contributed by atoms with E-state index in [1.807, 2.05) is 11.8 Å². The van der Waals surface area contributed by atoms with Crippen LogP contribution in [-0.2, 0) is 9.47 Å². The van der Waals surface area contributed by atoms with Gasteiger partial charge >= 0.3 is 0 Å². The van der Waals surface area contributed by atoms with E-state index in [9.17, 15) is 14.0 Å². The molecule has 2 aromatic rings. The molecule has 160 valence electrons. The van der Waals surface area contributed by atoms with E-state index in [1.165, 1.54) is 23.5 Å². The normalized spacial score (nSPS) is 17.1. The topological polar surface area (TPSA) is 71.1 Å². The molecule has 9 heteroatoms. The summed E-state index contributed by atoms with van der Waals surface area (Å²) in [5.74, 6) is -0.924. The highest BCUT2D eigenvalue weighted by molar-refractivity contribution is 7.18. The highest BCUT2D eigenvalue weighted by atomic mass is 32.1. The van der Waals surface area contributed by atoms with E-state index in [0.717, 1.165) is 5.56 Å². The molecule has 3 heterocycles. The molecule has 0 spiro atoms. The third kappa shape index (κ3) is 4.63. The quantitative estimate of drug-likeness (QED) is 0.803. The molecule has 7 nitrogen and oxygen atoms in total. The maximum Gasteiger partial charge on any atom is 0.264 e. The van der Waals surface area contributed by atoms with Crippen molar-refractivity contribution < 1.29 is 23.5 Å². The summed E-state index contributed by atoms with van der Waals surface area (Å²) in [5, 5.41) is 3.37. The summed E-state index contributed by atoms with van der Waals surface area (Å²) in [5.41, 5.74) is 1.71. The predicted molar refractivity (Wildman–Crippen MR) is 113 cm³/mol. The number of ether oxygens (including phenoxy) is 2. The van der Waals surface area contributed by atoms with Crippen molar-refractivity contribution in [1.82, 2.24) is 4.90 Å². The first-order valence-electron chi connectivity index (χ1n) is 9.93. The number of benzene rings is 1. The van der Waals surface area contributed by atoms with Crippen LogP contribution in [0.1, 0.15) is 25.6 Å². The third-order valence-corrected chi connectivity index (χ3v) is 6.31. The second-order valence-electron chi connectivity index (χ2n) is 7.28. The lowest BCUT2D eigenvalue weighted by atomic mass is 10.1. The van der Waals surface area contributed by atoms with Gasteiger partial charge in [0, 0.05) is 37.4 Å². The number of carbonyl (C=O) groups excluding carboxylic acids is 2. The number of hydrogen-bond donors (Lipinski definition) is 1. The van der Waals surface area contributed by atoms with Crippen molar-refractivity contribution in [2.45, 2.75) is 6.92 Å². The molecule has 1 aromatic carbocycles. The van der Waals surface area contributed by atoms with Crippen molar-refractivity contribution in [2.24, 2.45) is 0 Å². The lowest BCUT2D eigenvalue weighted by Crippen LogP contribution is -2.40. The molecular formula is C21H24FN3O4S. The first kappa shape index (κ1) is 20.8. The van der Waals surface area contributed by atoms with Crippen LogP contribution in [0.3, 0.4) is 0 Å². The van der Waals surface area contributed by atoms with E-state index >= 15 is 0 Å². The van der Waals surface area contributed by atoms with Crippen molar-refractivity contribution in [1.29, 1.82) is 0 Å². The van der Waals surface area contributed by atoms with Gasteiger partial charge in [0.05, 0.1) is 36.3 Å². The molecule has 2 aliphatic heterocycles. The van der Waals surface area contributed by atoms with Crippen LogP contribution >= 0.6 is 11.3 Å². The van der Waals surface area contributed by atoms with Crippen LogP contribution in [0.25, 0.3) is 0 Å². The van der Waals surface area contributed by atoms with Crippen molar-refractivity contribution in [3.63, 3.8) is 0 Å². The van der Waals surface area contributed by atoms with E-state index < -0.39 is 11.7 Å². The van der Waals surface area contributed by atoms with Gasteiger partial charge in [0.25, 0.3) is 11.8 Å². The molecule has 2 amide bonds. The number of nitrogens with zero attached hydrogens (tertiary/aromatic N) is 2. The zero-order chi connectivity index (χ0) is 21.1. The molecule has 2 saturated heterocycles. The second-order valence-corrected chi connectivity index (χ2v) is 8.33. The van der Waals surface area contributed by atoms with E-state index in [0.29, 0.717) is 68.2 Å². The number of carbonyl (C=O) groups is 2. The molecule has 1 aromatic heterocycles. The molecule has 0 unspecified atom stereocenters. The Labute approximate surface area is 178 Å². The number of aryl methyl sites for hydroxylation is 1. The van der Waals surface area contributed by atoms with Crippen LogP contribution in [0, 0.1) is 12.7 Å². The maximum absolute atomic E-state index is 14.2. The summed E-state index contributed by atoms with van der Waals surface area (Å²) in [6.07, 6.45) is 0. The van der Waals surface area contributed by atoms with Crippen molar-refractivity contribution in [2.75, 3.05) is 62.8 Å². The summed E-state index contributed by atoms with van der Waals surface area (Å²) < 4.78 is 24.8. The van der Waals surface area contributed by atoms with Gasteiger partial charge in [-0.05, 0) is 36.8 Å². The van der Waals surface area contributed by atoms with Crippen LogP contribution in [0.5, 0.6) is 0 Å². The van der Waals surface area contributed by atoms with Gasteiger partial charge in [0.2, 0.25) is 0 Å². The van der Waals surface area contributed by atoms with Gasteiger partial charge in [0.15, 0.2) is 0 Å². The van der Waals surface area contributed by atoms with Crippen LogP contribution in [0.4, 0.5) is 15.1 Å². The first-order chi connectivity index (χ1) is 14.5. The van der Waals surface area contributed by atoms with Crippen molar-refractivity contribution in [3.05, 3.63) is 46.1 Å². The largest absolute Gasteiger partial charge is 0.378 e. The number of hydrogen-bond acceptors (Lipinski definition) is 6. The molecule has 0 atom stereocenters. The minimum absolute atomic E-state index is 0.0540. The van der Waals surface area contributed by atoms with Crippen LogP contribution < -0.4 is 10.2 Å². The standard InChI is InChI=1S/C21H24FN3O4S/c1-14-10-18(30-19(14)21(27)25-4-8-29-9-5-25)23-20(26)15-11-16(22)13-17(12-15)24-2-6-28-7-3-24/h10-13H,2-9H2,1H3,(H,23,26). The van der Waals surface area contributed by atoms with Crippen LogP contribution in [-0.4, -0.2) is 69.3 Å². The Bertz CT molecular complexity index is 936.